The molecule has 0 radical (unpaired) electrons. The number of nitrogens with one attached hydrogen (secondary N) is 1. The van der Waals surface area contributed by atoms with Crippen molar-refractivity contribution in [3.63, 3.8) is 0 Å². The fraction of sp³-hybridized carbons (Fsp3) is 0.545. The van der Waals surface area contributed by atoms with Gasteiger partial charge in [-0.05, 0) is 36.1 Å². The summed E-state index contributed by atoms with van der Waals surface area (Å²) in [6.07, 6.45) is 0. The van der Waals surface area contributed by atoms with Crippen LogP contribution in [0, 0.1) is 0 Å². The molecule has 0 spiro atoms. The maximum Gasteiger partial charge on any atom is 0.345 e. The zero-order valence-electron chi connectivity index (χ0n) is 11.6. The molecular weight excluding hydrogens is 384 g/mol. The van der Waals surface area contributed by atoms with E-state index in [4.69, 9.17) is 9.84 Å². The van der Waals surface area contributed by atoms with E-state index >= 15 is 0 Å². The van der Waals surface area contributed by atoms with E-state index in [1.165, 1.54) is 0 Å². The smallest absolute Gasteiger partial charge is 0.345 e. The third kappa shape index (κ3) is 6.01. The van der Waals surface area contributed by atoms with Gasteiger partial charge in [-0.15, -0.1) is 11.3 Å². The van der Waals surface area contributed by atoms with E-state index in [0.717, 1.165) is 23.9 Å². The highest BCUT2D eigenvalue weighted by molar-refractivity contribution is 9.11. The third-order valence-electron chi connectivity index (χ3n) is 2.38. The van der Waals surface area contributed by atoms with Crippen LogP contribution in [0.1, 0.15) is 9.67 Å². The molecule has 0 saturated heterocycles. The molecule has 0 unspecified atom stereocenters. The molecule has 0 saturated carbocycles. The summed E-state index contributed by atoms with van der Waals surface area (Å²) in [7, 11) is 0.0864. The molecule has 7 nitrogen and oxygen atoms in total. The number of nitrogens with zero attached hydrogens (tertiary/aromatic N) is 1. The Labute approximate surface area is 136 Å². The highest BCUT2D eigenvalue weighted by Gasteiger charge is 2.22. The number of likely N-dealkylation sites (N-methyl/N-ethyl adjacent to an activating group) is 1. The topological polar surface area (TPSA) is 95.9 Å². The SMILES string of the molecule is CN(C)CCOCCNS(=O)(=O)c1cc(C(=O)O)sc1Br. The first kappa shape index (κ1) is 18.5. The summed E-state index contributed by atoms with van der Waals surface area (Å²) in [6.45, 7) is 1.64. The normalized spacial score (nSPS) is 12.0. The largest absolute Gasteiger partial charge is 0.477 e. The van der Waals surface area contributed by atoms with Crippen LogP contribution >= 0.6 is 27.3 Å². The van der Waals surface area contributed by atoms with E-state index in [2.05, 4.69) is 20.7 Å². The van der Waals surface area contributed by atoms with Crippen LogP contribution < -0.4 is 4.72 Å². The van der Waals surface area contributed by atoms with Gasteiger partial charge in [-0.3, -0.25) is 0 Å². The Bertz CT molecular complexity index is 585. The minimum absolute atomic E-state index is 0.0375. The van der Waals surface area contributed by atoms with E-state index < -0.39 is 16.0 Å². The number of carbonyl (C=O) groups is 1. The first-order valence-electron chi connectivity index (χ1n) is 5.99. The molecule has 1 aromatic rings. The van der Waals surface area contributed by atoms with Gasteiger partial charge in [-0.2, -0.15) is 0 Å². The molecule has 0 aromatic carbocycles. The van der Waals surface area contributed by atoms with Crippen LogP contribution in [0.15, 0.2) is 14.7 Å². The number of rotatable bonds is 9. The number of halogens is 1. The second kappa shape index (κ2) is 8.20. The number of ether oxygens (including phenoxy) is 1. The molecule has 0 fully saturated rings. The van der Waals surface area contributed by atoms with Crippen molar-refractivity contribution in [3.8, 4) is 0 Å². The van der Waals surface area contributed by atoms with E-state index in [1.807, 2.05) is 19.0 Å². The summed E-state index contributed by atoms with van der Waals surface area (Å²) in [4.78, 5) is 12.7. The Balaban J connectivity index is 2.52. The lowest BCUT2D eigenvalue weighted by Crippen LogP contribution is -2.28. The Kier molecular flexibility index (Phi) is 7.24. The lowest BCUT2D eigenvalue weighted by Gasteiger charge is -2.10. The number of hydrogen-bond acceptors (Lipinski definition) is 6. The van der Waals surface area contributed by atoms with Gasteiger partial charge in [0.1, 0.15) is 9.77 Å². The quantitative estimate of drug-likeness (QED) is 0.601. The van der Waals surface area contributed by atoms with Gasteiger partial charge in [0, 0.05) is 13.1 Å². The van der Waals surface area contributed by atoms with Crippen molar-refractivity contribution in [2.75, 3.05) is 40.4 Å². The van der Waals surface area contributed by atoms with Crippen LogP contribution in [0.3, 0.4) is 0 Å². The molecular formula is C11H17BrN2O5S2. The molecule has 0 atom stereocenters. The molecule has 0 aliphatic carbocycles. The number of hydrogen-bond donors (Lipinski definition) is 2. The summed E-state index contributed by atoms with van der Waals surface area (Å²) in [6, 6.07) is 1.13. The van der Waals surface area contributed by atoms with Crippen LogP contribution in [0.4, 0.5) is 0 Å². The lowest BCUT2D eigenvalue weighted by molar-refractivity contribution is 0.0702. The molecule has 21 heavy (non-hydrogen) atoms. The fourth-order valence-corrected chi connectivity index (χ4v) is 4.73. The molecule has 1 aromatic heterocycles. The Morgan fingerprint density at radius 2 is 2.14 bits per heavy atom. The Hall–Kier alpha value is -0.520. The molecule has 1 heterocycles. The number of carboxylic acids is 1. The van der Waals surface area contributed by atoms with Gasteiger partial charge in [0.05, 0.1) is 17.0 Å². The Morgan fingerprint density at radius 3 is 2.67 bits per heavy atom. The predicted octanol–water partition coefficient (Wildman–Crippen LogP) is 1.07. The van der Waals surface area contributed by atoms with E-state index in [0.29, 0.717) is 6.61 Å². The van der Waals surface area contributed by atoms with Crippen molar-refractivity contribution < 1.29 is 23.1 Å². The zero-order valence-corrected chi connectivity index (χ0v) is 14.8. The van der Waals surface area contributed by atoms with Crippen LogP contribution in [0.25, 0.3) is 0 Å². The third-order valence-corrected chi connectivity index (χ3v) is 6.08. The molecule has 120 valence electrons. The second-order valence-electron chi connectivity index (χ2n) is 4.37. The summed E-state index contributed by atoms with van der Waals surface area (Å²) in [5.74, 6) is -1.16. The summed E-state index contributed by atoms with van der Waals surface area (Å²) in [5.41, 5.74) is 0. The average molecular weight is 401 g/mol. The van der Waals surface area contributed by atoms with Gasteiger partial charge >= 0.3 is 5.97 Å². The van der Waals surface area contributed by atoms with Gasteiger partial charge in [-0.25, -0.2) is 17.9 Å². The summed E-state index contributed by atoms with van der Waals surface area (Å²) < 4.78 is 32.0. The molecule has 10 heteroatoms. The Morgan fingerprint density at radius 1 is 1.48 bits per heavy atom. The number of carboxylic acid groups (broad SMARTS) is 1. The lowest BCUT2D eigenvalue weighted by atomic mass is 10.5. The van der Waals surface area contributed by atoms with E-state index in [-0.39, 0.29) is 26.7 Å². The summed E-state index contributed by atoms with van der Waals surface area (Å²) in [5, 5.41) is 8.86. The zero-order chi connectivity index (χ0) is 16.0. The van der Waals surface area contributed by atoms with Crippen molar-refractivity contribution in [2.24, 2.45) is 0 Å². The molecule has 0 bridgehead atoms. The second-order valence-corrected chi connectivity index (χ2v) is 8.47. The molecule has 1 rings (SSSR count). The predicted molar refractivity (Wildman–Crippen MR) is 83.5 cm³/mol. The summed E-state index contributed by atoms with van der Waals surface area (Å²) >= 11 is 3.93. The van der Waals surface area contributed by atoms with E-state index in [1.54, 1.807) is 0 Å². The standard InChI is InChI=1S/C11H17BrN2O5S2/c1-14(2)4-6-19-5-3-13-21(17,18)9-7-8(11(15)16)20-10(9)12/h7,13H,3-6H2,1-2H3,(H,15,16). The van der Waals surface area contributed by atoms with Crippen LogP contribution in [0.5, 0.6) is 0 Å². The molecule has 2 N–H and O–H groups in total. The van der Waals surface area contributed by atoms with Gasteiger partial charge in [0.15, 0.2) is 0 Å². The number of sulfonamides is 1. The first-order valence-corrected chi connectivity index (χ1v) is 9.08. The van der Waals surface area contributed by atoms with Crippen LogP contribution in [-0.2, 0) is 14.8 Å². The minimum atomic E-state index is -3.75. The molecule has 0 amide bonds. The molecule has 0 aliphatic heterocycles. The van der Waals surface area contributed by atoms with Gasteiger partial charge in [0.25, 0.3) is 0 Å². The van der Waals surface area contributed by atoms with Crippen molar-refractivity contribution in [3.05, 3.63) is 14.7 Å². The maximum atomic E-state index is 12.0. The van der Waals surface area contributed by atoms with Gasteiger partial charge in [-0.1, -0.05) is 0 Å². The average Bonchev–Trinajstić information content (AvgIpc) is 2.76. The number of aromatic carboxylic acids is 1. The monoisotopic (exact) mass is 400 g/mol. The highest BCUT2D eigenvalue weighted by Crippen LogP contribution is 2.31. The van der Waals surface area contributed by atoms with Crippen LogP contribution in [0.2, 0.25) is 0 Å². The highest BCUT2D eigenvalue weighted by atomic mass is 79.9. The molecule has 0 aliphatic rings. The van der Waals surface area contributed by atoms with Gasteiger partial charge in [0.2, 0.25) is 10.0 Å². The minimum Gasteiger partial charge on any atom is -0.477 e. The maximum absolute atomic E-state index is 12.0. The first-order chi connectivity index (χ1) is 9.74. The van der Waals surface area contributed by atoms with Crippen molar-refractivity contribution in [1.82, 2.24) is 9.62 Å². The van der Waals surface area contributed by atoms with Gasteiger partial charge < -0.3 is 14.7 Å². The fourth-order valence-electron chi connectivity index (χ4n) is 1.32. The van der Waals surface area contributed by atoms with Crippen molar-refractivity contribution in [1.29, 1.82) is 0 Å². The van der Waals surface area contributed by atoms with Crippen LogP contribution in [-0.4, -0.2) is 64.8 Å². The van der Waals surface area contributed by atoms with E-state index in [9.17, 15) is 13.2 Å². The van der Waals surface area contributed by atoms with Crippen molar-refractivity contribution in [2.45, 2.75) is 4.90 Å². The van der Waals surface area contributed by atoms with Crippen molar-refractivity contribution >= 4 is 43.3 Å². The number of thiophene rings is 1.